The monoisotopic (exact) mass is 541 g/mol. The van der Waals surface area contributed by atoms with Crippen LogP contribution >= 0.6 is 11.8 Å². The fourth-order valence-electron chi connectivity index (χ4n) is 4.94. The smallest absolute Gasteiger partial charge is 0.286 e. The van der Waals surface area contributed by atoms with Gasteiger partial charge < -0.3 is 25.2 Å². The molecule has 2 aromatic carbocycles. The number of thioether (sulfide) groups is 1. The number of rotatable bonds is 9. The zero-order valence-electron chi connectivity index (χ0n) is 22.3. The van der Waals surface area contributed by atoms with E-state index < -0.39 is 10.9 Å². The van der Waals surface area contributed by atoms with Crippen LogP contribution in [-0.4, -0.2) is 64.2 Å². The zero-order chi connectivity index (χ0) is 27.6. The van der Waals surface area contributed by atoms with Gasteiger partial charge in [0, 0.05) is 25.1 Å². The average molecular weight is 542 g/mol. The largest absolute Gasteiger partial charge is 0.507 e. The molecule has 0 bridgehead atoms. The Bertz CT molecular complexity index is 1250. The van der Waals surface area contributed by atoms with Crippen molar-refractivity contribution in [3.8, 4) is 17.2 Å². The number of aromatic hydroxyl groups is 1. The quantitative estimate of drug-likeness (QED) is 0.441. The first-order valence-electron chi connectivity index (χ1n) is 12.8. The molecule has 0 saturated carbocycles. The van der Waals surface area contributed by atoms with Crippen molar-refractivity contribution in [2.75, 3.05) is 26.2 Å². The summed E-state index contributed by atoms with van der Waals surface area (Å²) in [6.45, 7) is 8.76. The number of benzene rings is 2. The third kappa shape index (κ3) is 5.61. The van der Waals surface area contributed by atoms with Gasteiger partial charge in [-0.2, -0.15) is 0 Å². The molecule has 2 aromatic rings. The lowest BCUT2D eigenvalue weighted by molar-refractivity contribution is -0.148. The lowest BCUT2D eigenvalue weighted by Crippen LogP contribution is -2.54. The van der Waals surface area contributed by atoms with Crippen molar-refractivity contribution in [3.63, 3.8) is 0 Å². The van der Waals surface area contributed by atoms with E-state index in [-0.39, 0.29) is 29.4 Å². The molecule has 2 atom stereocenters. The first-order chi connectivity index (χ1) is 18.0. The molecule has 0 spiro atoms. The Labute approximate surface area is 227 Å². The second-order valence-corrected chi connectivity index (χ2v) is 11.2. The van der Waals surface area contributed by atoms with Crippen LogP contribution in [0.15, 0.2) is 24.3 Å². The molecule has 0 aliphatic carbocycles. The summed E-state index contributed by atoms with van der Waals surface area (Å²) in [4.78, 5) is 38.5. The van der Waals surface area contributed by atoms with Gasteiger partial charge in [-0.1, -0.05) is 23.9 Å². The second kappa shape index (κ2) is 11.2. The van der Waals surface area contributed by atoms with Gasteiger partial charge in [0.15, 0.2) is 5.60 Å². The van der Waals surface area contributed by atoms with E-state index in [0.29, 0.717) is 50.4 Å². The number of amides is 3. The van der Waals surface area contributed by atoms with Gasteiger partial charge in [-0.15, -0.1) is 0 Å². The van der Waals surface area contributed by atoms with Gasteiger partial charge >= 0.3 is 0 Å². The lowest BCUT2D eigenvalue weighted by Gasteiger charge is -2.39. The van der Waals surface area contributed by atoms with Gasteiger partial charge in [-0.25, -0.2) is 0 Å². The second-order valence-electron chi connectivity index (χ2n) is 10.0. The van der Waals surface area contributed by atoms with E-state index in [4.69, 9.17) is 15.2 Å². The molecule has 2 unspecified atom stereocenters. The third-order valence-electron chi connectivity index (χ3n) is 7.40. The Balaban J connectivity index is 1.37. The minimum absolute atomic E-state index is 0.141. The molecule has 9 nitrogen and oxygen atoms in total. The van der Waals surface area contributed by atoms with Crippen molar-refractivity contribution in [2.45, 2.75) is 57.8 Å². The van der Waals surface area contributed by atoms with Gasteiger partial charge in [-0.3, -0.25) is 19.7 Å². The molecule has 2 heterocycles. The Hall–Kier alpha value is -3.24. The van der Waals surface area contributed by atoms with Crippen LogP contribution in [0.5, 0.6) is 17.2 Å². The Morgan fingerprint density at radius 2 is 1.89 bits per heavy atom. The minimum Gasteiger partial charge on any atom is -0.507 e. The highest BCUT2D eigenvalue weighted by atomic mass is 32.2. The Morgan fingerprint density at radius 3 is 2.53 bits per heavy atom. The molecule has 4 rings (SSSR count). The summed E-state index contributed by atoms with van der Waals surface area (Å²) in [6, 6.07) is 7.37. The number of carbonyl (C=O) groups is 3. The van der Waals surface area contributed by atoms with Crippen molar-refractivity contribution < 1.29 is 29.0 Å². The van der Waals surface area contributed by atoms with Crippen molar-refractivity contribution >= 4 is 28.8 Å². The normalized spacial score (nSPS) is 20.5. The number of phenols is 1. The zero-order valence-corrected chi connectivity index (χ0v) is 23.1. The van der Waals surface area contributed by atoms with Gasteiger partial charge in [0.1, 0.15) is 23.9 Å². The van der Waals surface area contributed by atoms with Crippen LogP contribution in [0, 0.1) is 20.8 Å². The van der Waals surface area contributed by atoms with E-state index >= 15 is 0 Å². The summed E-state index contributed by atoms with van der Waals surface area (Å²) < 4.78 is 12.3. The molecule has 1 saturated heterocycles. The first-order valence-corrected chi connectivity index (χ1v) is 13.6. The van der Waals surface area contributed by atoms with Crippen molar-refractivity contribution in [2.24, 2.45) is 5.73 Å². The van der Waals surface area contributed by atoms with Crippen LogP contribution in [0.3, 0.4) is 0 Å². The summed E-state index contributed by atoms with van der Waals surface area (Å²) in [7, 11) is 0. The van der Waals surface area contributed by atoms with E-state index in [2.05, 4.69) is 5.32 Å². The van der Waals surface area contributed by atoms with Crippen LogP contribution in [-0.2, 0) is 22.4 Å². The first kappa shape index (κ1) is 27.8. The number of nitrogens with zero attached hydrogens (tertiary/aromatic N) is 1. The van der Waals surface area contributed by atoms with Gasteiger partial charge in [-0.05, 0) is 74.9 Å². The summed E-state index contributed by atoms with van der Waals surface area (Å²) >= 11 is 1.01. The predicted octanol–water partition coefficient (Wildman–Crippen LogP) is 3.16. The van der Waals surface area contributed by atoms with E-state index in [1.807, 2.05) is 52.0 Å². The summed E-state index contributed by atoms with van der Waals surface area (Å²) in [5, 5.41) is 12.0. The molecule has 2 aliphatic heterocycles. The highest BCUT2D eigenvalue weighted by molar-refractivity contribution is 8.15. The molecule has 4 N–H and O–H groups in total. The number of hydrogen-bond donors (Lipinski definition) is 3. The van der Waals surface area contributed by atoms with E-state index in [0.717, 1.165) is 39.6 Å². The topological polar surface area (TPSA) is 131 Å². The van der Waals surface area contributed by atoms with E-state index in [1.165, 1.54) is 0 Å². The van der Waals surface area contributed by atoms with Crippen LogP contribution in [0.2, 0.25) is 0 Å². The SMILES string of the molecule is Cc1c(C)c2c(c(C)c1O)CCC(C)(C(=O)N(CCN)CCOc1ccc(CC3SC(=O)NC3=O)cc1)O2. The number of hydrogen-bond acceptors (Lipinski definition) is 8. The molecular weight excluding hydrogens is 506 g/mol. The fourth-order valence-corrected chi connectivity index (χ4v) is 5.80. The molecule has 2 aliphatic rings. The molecule has 204 valence electrons. The predicted molar refractivity (Wildman–Crippen MR) is 146 cm³/mol. The standard InChI is InChI=1S/C28H35N3O6S/c1-16-17(2)24-21(18(3)23(16)32)9-10-28(4,37-24)26(34)31(12-11-29)13-14-36-20-7-5-19(6-8-20)15-22-25(33)30-27(35)38-22/h5-8,22,32H,9-15,29H2,1-4H3,(H,30,33,35). The van der Waals surface area contributed by atoms with Crippen molar-refractivity contribution in [3.05, 3.63) is 52.1 Å². The number of ether oxygens (including phenoxy) is 2. The number of fused-ring (bicyclic) bond motifs is 1. The Morgan fingerprint density at radius 1 is 1.18 bits per heavy atom. The maximum absolute atomic E-state index is 13.7. The van der Waals surface area contributed by atoms with Crippen LogP contribution < -0.4 is 20.5 Å². The number of nitrogens with two attached hydrogens (primary N) is 1. The maximum atomic E-state index is 13.7. The molecule has 10 heteroatoms. The molecule has 3 amide bonds. The molecule has 0 radical (unpaired) electrons. The average Bonchev–Trinajstić information content (AvgIpc) is 3.22. The number of nitrogens with one attached hydrogen (secondary N) is 1. The van der Waals surface area contributed by atoms with Crippen molar-refractivity contribution in [1.29, 1.82) is 0 Å². The van der Waals surface area contributed by atoms with E-state index in [9.17, 15) is 19.5 Å². The number of carbonyl (C=O) groups excluding carboxylic acids is 3. The van der Waals surface area contributed by atoms with Gasteiger partial charge in [0.25, 0.3) is 11.1 Å². The van der Waals surface area contributed by atoms with Gasteiger partial charge in [0.2, 0.25) is 5.91 Å². The fraction of sp³-hybridized carbons (Fsp3) is 0.464. The van der Waals surface area contributed by atoms with Crippen LogP contribution in [0.25, 0.3) is 0 Å². The molecular formula is C28H35N3O6S. The number of phenolic OH excluding ortho intramolecular Hbond substituents is 1. The molecule has 1 fully saturated rings. The summed E-state index contributed by atoms with van der Waals surface area (Å²) in [5.74, 6) is 1.21. The lowest BCUT2D eigenvalue weighted by atomic mass is 9.86. The maximum Gasteiger partial charge on any atom is 0.286 e. The van der Waals surface area contributed by atoms with Crippen molar-refractivity contribution in [1.82, 2.24) is 10.2 Å². The van der Waals surface area contributed by atoms with Gasteiger partial charge in [0.05, 0.1) is 11.8 Å². The highest BCUT2D eigenvalue weighted by Crippen LogP contribution is 2.43. The Kier molecular flexibility index (Phi) is 8.22. The van der Waals surface area contributed by atoms with Crippen LogP contribution in [0.4, 0.5) is 4.79 Å². The number of imide groups is 1. The summed E-state index contributed by atoms with van der Waals surface area (Å²) in [5.41, 5.74) is 9.06. The molecule has 0 aromatic heterocycles. The highest BCUT2D eigenvalue weighted by Gasteiger charge is 2.43. The minimum atomic E-state index is -1.05. The molecule has 38 heavy (non-hydrogen) atoms. The van der Waals surface area contributed by atoms with E-state index in [1.54, 1.807) is 4.90 Å². The third-order valence-corrected chi connectivity index (χ3v) is 8.38. The summed E-state index contributed by atoms with van der Waals surface area (Å²) in [6.07, 6.45) is 1.58. The van der Waals surface area contributed by atoms with Crippen LogP contribution in [0.1, 0.15) is 41.2 Å².